The van der Waals surface area contributed by atoms with Gasteiger partial charge in [-0.1, -0.05) is 93.6 Å². The van der Waals surface area contributed by atoms with Crippen LogP contribution < -0.4 is 4.90 Å². The Labute approximate surface area is 221 Å². The number of hydrogen-bond donors (Lipinski definition) is 0. The van der Waals surface area contributed by atoms with Crippen molar-refractivity contribution in [3.05, 3.63) is 114 Å². The second-order valence-corrected chi connectivity index (χ2v) is 10.6. The van der Waals surface area contributed by atoms with Gasteiger partial charge in [0.2, 0.25) is 9.84 Å². The van der Waals surface area contributed by atoms with Crippen LogP contribution >= 0.6 is 0 Å². The first kappa shape index (κ1) is 27.9. The molecule has 3 rings (SSSR count). The van der Waals surface area contributed by atoms with Crippen LogP contribution in [-0.4, -0.2) is 21.0 Å². The van der Waals surface area contributed by atoms with Gasteiger partial charge in [-0.25, -0.2) is 13.2 Å². The number of rotatable bonds is 14. The highest BCUT2D eigenvalue weighted by molar-refractivity contribution is 7.96. The van der Waals surface area contributed by atoms with Gasteiger partial charge in [-0.3, -0.25) is 0 Å². The van der Waals surface area contributed by atoms with Crippen LogP contribution in [-0.2, 0) is 19.4 Å². The van der Waals surface area contributed by atoms with Crippen LogP contribution in [0.1, 0.15) is 45.4 Å². The maximum absolute atomic E-state index is 13.4. The summed E-state index contributed by atoms with van der Waals surface area (Å²) in [5, 5.41) is 0. The minimum atomic E-state index is -4.07. The average molecular weight is 518 g/mol. The molecule has 0 aliphatic carbocycles. The van der Waals surface area contributed by atoms with Gasteiger partial charge < -0.3 is 9.64 Å². The first-order chi connectivity index (χ1) is 18.0. The van der Waals surface area contributed by atoms with Crippen LogP contribution in [0.15, 0.2) is 119 Å². The van der Waals surface area contributed by atoms with Crippen molar-refractivity contribution in [1.29, 1.82) is 0 Å². The molecule has 0 N–H and O–H groups in total. The second-order valence-electron chi connectivity index (χ2n) is 8.63. The van der Waals surface area contributed by atoms with E-state index in [2.05, 4.69) is 6.92 Å². The van der Waals surface area contributed by atoms with Crippen LogP contribution in [0.3, 0.4) is 0 Å². The Kier molecular flexibility index (Phi) is 11.2. The van der Waals surface area contributed by atoms with Crippen molar-refractivity contribution in [1.82, 2.24) is 0 Å². The van der Waals surface area contributed by atoms with E-state index in [1.807, 2.05) is 65.6 Å². The van der Waals surface area contributed by atoms with E-state index in [9.17, 15) is 13.2 Å². The lowest BCUT2D eigenvalue weighted by molar-refractivity contribution is -0.138. The molecule has 0 unspecified atom stereocenters. The van der Waals surface area contributed by atoms with Crippen LogP contribution in [0, 0.1) is 0 Å². The van der Waals surface area contributed by atoms with Gasteiger partial charge in [-0.2, -0.15) is 0 Å². The molecule has 0 atom stereocenters. The molecule has 0 aromatic heterocycles. The highest BCUT2D eigenvalue weighted by Gasteiger charge is 2.27. The maximum Gasteiger partial charge on any atom is 0.350 e. The van der Waals surface area contributed by atoms with E-state index in [-0.39, 0.29) is 16.4 Å². The third-order valence-corrected chi connectivity index (χ3v) is 7.60. The summed E-state index contributed by atoms with van der Waals surface area (Å²) in [5.74, 6) is -0.840. The van der Waals surface area contributed by atoms with Crippen LogP contribution in [0.5, 0.6) is 0 Å². The third-order valence-electron chi connectivity index (χ3n) is 5.83. The van der Waals surface area contributed by atoms with Gasteiger partial charge in [0.15, 0.2) is 4.91 Å². The number of allylic oxidation sites excluding steroid dienone is 2. The number of esters is 1. The normalized spacial score (nSPS) is 12.0. The van der Waals surface area contributed by atoms with E-state index in [4.69, 9.17) is 4.74 Å². The number of anilines is 2. The number of nitrogens with zero attached hydrogens (tertiary/aromatic N) is 1. The zero-order valence-electron chi connectivity index (χ0n) is 21.3. The van der Waals surface area contributed by atoms with Crippen molar-refractivity contribution in [2.45, 2.75) is 50.3 Å². The van der Waals surface area contributed by atoms with E-state index in [0.29, 0.717) is 6.42 Å². The number of hydrogen-bond acceptors (Lipinski definition) is 5. The number of ether oxygens (including phenoxy) is 1. The first-order valence-electron chi connectivity index (χ1n) is 12.8. The number of benzene rings is 3. The summed E-state index contributed by atoms with van der Waals surface area (Å²) in [6.45, 7) is 2.35. The highest BCUT2D eigenvalue weighted by atomic mass is 32.2. The quantitative estimate of drug-likeness (QED) is 0.0953. The second kappa shape index (κ2) is 14.8. The highest BCUT2D eigenvalue weighted by Crippen LogP contribution is 2.26. The third kappa shape index (κ3) is 8.46. The summed E-state index contributed by atoms with van der Waals surface area (Å²) < 4.78 is 32.2. The lowest BCUT2D eigenvalue weighted by Crippen LogP contribution is -2.17. The van der Waals surface area contributed by atoms with E-state index < -0.39 is 15.8 Å². The fourth-order valence-corrected chi connectivity index (χ4v) is 5.13. The van der Waals surface area contributed by atoms with Crippen molar-refractivity contribution in [2.24, 2.45) is 0 Å². The van der Waals surface area contributed by atoms with Gasteiger partial charge in [0.05, 0.1) is 11.5 Å². The Morgan fingerprint density at radius 1 is 0.757 bits per heavy atom. The molecule has 3 aromatic carbocycles. The van der Waals surface area contributed by atoms with Gasteiger partial charge in [0.25, 0.3) is 0 Å². The summed E-state index contributed by atoms with van der Waals surface area (Å²) in [4.78, 5) is 14.6. The minimum absolute atomic E-state index is 0.0501. The largest absolute Gasteiger partial charge is 0.462 e. The lowest BCUT2D eigenvalue weighted by atomic mass is 10.1. The molecule has 5 nitrogen and oxygen atoms in total. The lowest BCUT2D eigenvalue weighted by Gasteiger charge is -2.20. The molecule has 0 fully saturated rings. The summed E-state index contributed by atoms with van der Waals surface area (Å²) >= 11 is 0. The van der Waals surface area contributed by atoms with Crippen molar-refractivity contribution in [3.8, 4) is 0 Å². The Morgan fingerprint density at radius 3 is 1.84 bits per heavy atom. The molecular formula is C31H35NO4S. The molecule has 6 heteroatoms. The molecule has 0 spiro atoms. The molecule has 0 aliphatic rings. The van der Waals surface area contributed by atoms with Crippen molar-refractivity contribution < 1.29 is 17.9 Å². The molecular weight excluding hydrogens is 482 g/mol. The van der Waals surface area contributed by atoms with Gasteiger partial charge in [0, 0.05) is 17.6 Å². The Hall–Kier alpha value is -3.64. The van der Waals surface area contributed by atoms with Crippen molar-refractivity contribution in [2.75, 3.05) is 11.5 Å². The summed E-state index contributed by atoms with van der Waals surface area (Å²) in [6.07, 6.45) is 10.9. The Bertz CT molecular complexity index is 1210. The molecule has 0 aliphatic heterocycles. The first-order valence-corrected chi connectivity index (χ1v) is 14.3. The summed E-state index contributed by atoms with van der Waals surface area (Å²) in [7, 11) is -4.07. The molecule has 0 heterocycles. The van der Waals surface area contributed by atoms with E-state index in [0.717, 1.165) is 30.6 Å². The van der Waals surface area contributed by atoms with Crippen molar-refractivity contribution in [3.63, 3.8) is 0 Å². The fourth-order valence-electron chi connectivity index (χ4n) is 3.83. The van der Waals surface area contributed by atoms with Gasteiger partial charge >= 0.3 is 5.97 Å². The molecule has 3 aromatic rings. The van der Waals surface area contributed by atoms with Gasteiger partial charge in [0.1, 0.15) is 0 Å². The predicted molar refractivity (Wildman–Crippen MR) is 150 cm³/mol. The summed E-state index contributed by atoms with van der Waals surface area (Å²) in [5.41, 5.74) is 1.80. The number of carbonyl (C=O) groups excluding carboxylic acids is 1. The van der Waals surface area contributed by atoms with E-state index in [1.165, 1.54) is 31.1 Å². The number of unbranched alkanes of at least 4 members (excludes halogenated alkanes) is 5. The van der Waals surface area contributed by atoms with Crippen LogP contribution in [0.2, 0.25) is 0 Å². The molecule has 0 radical (unpaired) electrons. The SMILES string of the molecule is CCCCCCCCOC(=O)/C(=C/C=C/N(c1ccccc1)c1ccccc1)S(=O)(=O)c1ccccc1. The zero-order valence-corrected chi connectivity index (χ0v) is 22.1. The van der Waals surface area contributed by atoms with E-state index >= 15 is 0 Å². The number of carbonyl (C=O) groups is 1. The molecule has 194 valence electrons. The standard InChI is InChI=1S/C31H35NO4S/c1-2-3-4-5-6-16-26-36-31(33)30(37(34,35)29-22-14-9-15-23-29)24-17-25-32(27-18-10-7-11-19-27)28-20-12-8-13-21-28/h7-15,17-25H,2-6,16,26H2,1H3/b25-17+,30-24-. The predicted octanol–water partition coefficient (Wildman–Crippen LogP) is 7.60. The van der Waals surface area contributed by atoms with Crippen LogP contribution in [0.4, 0.5) is 11.4 Å². The van der Waals surface area contributed by atoms with Crippen molar-refractivity contribution >= 4 is 27.2 Å². The zero-order chi connectivity index (χ0) is 26.3. The fraction of sp³-hybridized carbons (Fsp3) is 0.258. The van der Waals surface area contributed by atoms with Gasteiger partial charge in [-0.15, -0.1) is 0 Å². The van der Waals surface area contributed by atoms with E-state index in [1.54, 1.807) is 30.5 Å². The summed E-state index contributed by atoms with van der Waals surface area (Å²) in [6, 6.07) is 27.4. The molecule has 0 bridgehead atoms. The molecule has 0 amide bonds. The topological polar surface area (TPSA) is 63.7 Å². The minimum Gasteiger partial charge on any atom is -0.462 e. The Balaban J connectivity index is 1.85. The number of para-hydroxylation sites is 2. The van der Waals surface area contributed by atoms with Crippen LogP contribution in [0.25, 0.3) is 0 Å². The smallest absolute Gasteiger partial charge is 0.350 e. The average Bonchev–Trinajstić information content (AvgIpc) is 2.94. The molecule has 37 heavy (non-hydrogen) atoms. The van der Waals surface area contributed by atoms with Gasteiger partial charge in [-0.05, 0) is 55.0 Å². The molecule has 0 saturated carbocycles. The monoisotopic (exact) mass is 517 g/mol. The molecule has 0 saturated heterocycles. The maximum atomic E-state index is 13.4. The number of sulfone groups is 1. The Morgan fingerprint density at radius 2 is 1.27 bits per heavy atom.